The van der Waals surface area contributed by atoms with E-state index in [1.54, 1.807) is 0 Å². The van der Waals surface area contributed by atoms with Crippen LogP contribution in [0.2, 0.25) is 0 Å². The molecular formula is C28H32N4O7S. The lowest BCUT2D eigenvalue weighted by Crippen LogP contribution is -2.53. The zero-order chi connectivity index (χ0) is 28.1. The van der Waals surface area contributed by atoms with Gasteiger partial charge in [-0.25, -0.2) is 13.1 Å². The number of aliphatic hydroxyl groups excluding tert-OH is 1. The van der Waals surface area contributed by atoms with Crippen LogP contribution in [0.25, 0.3) is 0 Å². The van der Waals surface area contributed by atoms with Gasteiger partial charge in [0.2, 0.25) is 16.8 Å². The number of rotatable bonds is 11. The summed E-state index contributed by atoms with van der Waals surface area (Å²) in [6, 6.07) is 19.2. The molecule has 3 aromatic carbocycles. The van der Waals surface area contributed by atoms with Crippen LogP contribution in [0.15, 0.2) is 77.7 Å². The summed E-state index contributed by atoms with van der Waals surface area (Å²) in [5, 5.41) is 22.2. The second-order valence-corrected chi connectivity index (χ2v) is 11.7. The summed E-state index contributed by atoms with van der Waals surface area (Å²) >= 11 is 0. The number of nitrogens with one attached hydrogen (secondary N) is 1. The molecule has 0 unspecified atom stereocenters. The highest BCUT2D eigenvalue weighted by Crippen LogP contribution is 2.33. The van der Waals surface area contributed by atoms with Gasteiger partial charge in [0.05, 0.1) is 22.0 Å². The highest BCUT2D eigenvalue weighted by Gasteiger charge is 2.29. The van der Waals surface area contributed by atoms with Crippen molar-refractivity contribution in [2.75, 3.05) is 39.5 Å². The SMILES string of the molecule is O=[N+]([O-])c1ccc(S(=O)(=O)N[C@@H](Cc2ccccc2)[C@H](O)CN2CCN(Cc3ccc4c(c3)OCO4)CC2)cc1. The molecule has 0 bridgehead atoms. The van der Waals surface area contributed by atoms with Gasteiger partial charge in [-0.1, -0.05) is 36.4 Å². The van der Waals surface area contributed by atoms with Gasteiger partial charge in [-0.15, -0.1) is 0 Å². The first-order valence-corrected chi connectivity index (χ1v) is 14.6. The fourth-order valence-corrected chi connectivity index (χ4v) is 6.23. The molecule has 0 spiro atoms. The third kappa shape index (κ3) is 6.95. The van der Waals surface area contributed by atoms with Crippen LogP contribution in [0.4, 0.5) is 5.69 Å². The maximum Gasteiger partial charge on any atom is 0.269 e. The van der Waals surface area contributed by atoms with Gasteiger partial charge in [-0.3, -0.25) is 19.9 Å². The molecule has 11 nitrogen and oxygen atoms in total. The van der Waals surface area contributed by atoms with Crippen molar-refractivity contribution in [2.45, 2.75) is 30.0 Å². The van der Waals surface area contributed by atoms with Crippen molar-refractivity contribution in [2.24, 2.45) is 0 Å². The summed E-state index contributed by atoms with van der Waals surface area (Å²) in [7, 11) is -4.03. The van der Waals surface area contributed by atoms with E-state index in [1.165, 1.54) is 12.1 Å². The summed E-state index contributed by atoms with van der Waals surface area (Å²) in [4.78, 5) is 14.8. The van der Waals surface area contributed by atoms with Crippen molar-refractivity contribution in [1.82, 2.24) is 14.5 Å². The second-order valence-electron chi connectivity index (χ2n) is 10.0. The van der Waals surface area contributed by atoms with E-state index in [-0.39, 0.29) is 23.8 Å². The first-order chi connectivity index (χ1) is 19.3. The van der Waals surface area contributed by atoms with Gasteiger partial charge in [0.25, 0.3) is 5.69 Å². The summed E-state index contributed by atoms with van der Waals surface area (Å²) in [6.45, 7) is 4.40. The third-order valence-electron chi connectivity index (χ3n) is 7.18. The van der Waals surface area contributed by atoms with Gasteiger partial charge in [-0.2, -0.15) is 0 Å². The van der Waals surface area contributed by atoms with Gasteiger partial charge < -0.3 is 14.6 Å². The monoisotopic (exact) mass is 568 g/mol. The Morgan fingerprint density at radius 2 is 1.57 bits per heavy atom. The van der Waals surface area contributed by atoms with Crippen molar-refractivity contribution in [3.8, 4) is 11.5 Å². The molecule has 0 aliphatic carbocycles. The quantitative estimate of drug-likeness (QED) is 0.264. The Hall–Kier alpha value is -3.55. The van der Waals surface area contributed by atoms with Crippen LogP contribution in [0.3, 0.4) is 0 Å². The minimum Gasteiger partial charge on any atom is -0.454 e. The number of hydrogen-bond donors (Lipinski definition) is 2. The maximum atomic E-state index is 13.2. The van der Waals surface area contributed by atoms with E-state index in [0.29, 0.717) is 6.54 Å². The predicted octanol–water partition coefficient (Wildman–Crippen LogP) is 2.39. The highest BCUT2D eigenvalue weighted by molar-refractivity contribution is 7.89. The van der Waals surface area contributed by atoms with Crippen molar-refractivity contribution in [1.29, 1.82) is 0 Å². The zero-order valence-corrected chi connectivity index (χ0v) is 22.7. The molecule has 1 fully saturated rings. The summed E-state index contributed by atoms with van der Waals surface area (Å²) in [6.07, 6.45) is -0.688. The van der Waals surface area contributed by atoms with Crippen LogP contribution in [-0.2, 0) is 23.0 Å². The smallest absolute Gasteiger partial charge is 0.269 e. The molecule has 2 aliphatic rings. The number of nitrogens with zero attached hydrogens (tertiary/aromatic N) is 3. The van der Waals surface area contributed by atoms with Crippen molar-refractivity contribution >= 4 is 15.7 Å². The number of nitro benzene ring substituents is 1. The molecule has 12 heteroatoms. The molecule has 2 atom stereocenters. The van der Waals surface area contributed by atoms with E-state index < -0.39 is 27.1 Å². The van der Waals surface area contributed by atoms with Gasteiger partial charge in [0, 0.05) is 51.4 Å². The van der Waals surface area contributed by atoms with Gasteiger partial charge in [0.15, 0.2) is 11.5 Å². The van der Waals surface area contributed by atoms with Crippen LogP contribution in [-0.4, -0.2) is 79.9 Å². The second kappa shape index (κ2) is 12.3. The Morgan fingerprint density at radius 3 is 2.27 bits per heavy atom. The Morgan fingerprint density at radius 1 is 0.900 bits per heavy atom. The molecule has 0 aromatic heterocycles. The highest BCUT2D eigenvalue weighted by atomic mass is 32.2. The van der Waals surface area contributed by atoms with E-state index in [2.05, 4.69) is 14.5 Å². The lowest BCUT2D eigenvalue weighted by molar-refractivity contribution is -0.384. The molecular weight excluding hydrogens is 536 g/mol. The number of nitro groups is 1. The number of piperazine rings is 1. The third-order valence-corrected chi connectivity index (χ3v) is 8.69. The normalized spacial score (nSPS) is 17.4. The molecule has 0 amide bonds. The molecule has 2 heterocycles. The van der Waals surface area contributed by atoms with Crippen molar-refractivity contribution < 1.29 is 27.9 Å². The van der Waals surface area contributed by atoms with Gasteiger partial charge in [-0.05, 0) is 41.8 Å². The molecule has 5 rings (SSSR count). The Bertz CT molecular complexity index is 1410. The minimum absolute atomic E-state index is 0.0968. The van der Waals surface area contributed by atoms with E-state index in [1.807, 2.05) is 48.5 Å². The topological polar surface area (TPSA) is 134 Å². The summed E-state index contributed by atoms with van der Waals surface area (Å²) in [5.74, 6) is 1.52. The molecule has 3 aromatic rings. The largest absolute Gasteiger partial charge is 0.454 e. The number of ether oxygens (including phenoxy) is 2. The molecule has 40 heavy (non-hydrogen) atoms. The maximum absolute atomic E-state index is 13.2. The number of sulfonamides is 1. The fraction of sp³-hybridized carbons (Fsp3) is 0.357. The van der Waals surface area contributed by atoms with E-state index >= 15 is 0 Å². The molecule has 0 saturated carbocycles. The van der Waals surface area contributed by atoms with Gasteiger partial charge >= 0.3 is 0 Å². The number of hydrogen-bond acceptors (Lipinski definition) is 9. The number of aliphatic hydroxyl groups is 1. The Balaban J connectivity index is 1.21. The van der Waals surface area contributed by atoms with E-state index in [4.69, 9.17) is 9.47 Å². The van der Waals surface area contributed by atoms with Crippen LogP contribution >= 0.6 is 0 Å². The van der Waals surface area contributed by atoms with Crippen LogP contribution < -0.4 is 14.2 Å². The molecule has 2 N–H and O–H groups in total. The number of benzene rings is 3. The van der Waals surface area contributed by atoms with E-state index in [9.17, 15) is 23.6 Å². The van der Waals surface area contributed by atoms with Gasteiger partial charge in [0.1, 0.15) is 0 Å². The average Bonchev–Trinajstić information content (AvgIpc) is 3.42. The minimum atomic E-state index is -4.03. The summed E-state index contributed by atoms with van der Waals surface area (Å²) < 4.78 is 39.9. The fourth-order valence-electron chi connectivity index (χ4n) is 4.96. The lowest BCUT2D eigenvalue weighted by Gasteiger charge is -2.37. The Kier molecular flexibility index (Phi) is 8.62. The zero-order valence-electron chi connectivity index (χ0n) is 21.9. The predicted molar refractivity (Wildman–Crippen MR) is 148 cm³/mol. The lowest BCUT2D eigenvalue weighted by atomic mass is 10.0. The molecule has 1 saturated heterocycles. The molecule has 0 radical (unpaired) electrons. The van der Waals surface area contributed by atoms with Crippen molar-refractivity contribution in [3.05, 3.63) is 94.0 Å². The summed E-state index contributed by atoms with van der Waals surface area (Å²) in [5.41, 5.74) is 1.82. The molecule has 2 aliphatic heterocycles. The average molecular weight is 569 g/mol. The first kappa shape index (κ1) is 28.0. The standard InChI is InChI=1S/C28H32N4O7S/c33-26(19-31-14-12-30(13-15-31)18-22-6-11-27-28(17-22)39-20-38-27)25(16-21-4-2-1-3-5-21)29-40(36,37)24-9-7-23(8-10-24)32(34)35/h1-11,17,25-26,29,33H,12-16,18-20H2/t25-,26+/m0/s1. The van der Waals surface area contributed by atoms with Crippen LogP contribution in [0, 0.1) is 10.1 Å². The Labute approximate surface area is 233 Å². The van der Waals surface area contributed by atoms with Crippen LogP contribution in [0.1, 0.15) is 11.1 Å². The number of non-ortho nitro benzene ring substituents is 1. The van der Waals surface area contributed by atoms with Crippen molar-refractivity contribution in [3.63, 3.8) is 0 Å². The number of β-amino-alcohol motifs (C(OH)–C–C–N with tert-alkyl or cyclic N) is 1. The first-order valence-electron chi connectivity index (χ1n) is 13.1. The van der Waals surface area contributed by atoms with E-state index in [0.717, 1.165) is 67.5 Å². The number of fused-ring (bicyclic) bond motifs is 1. The van der Waals surface area contributed by atoms with Crippen LogP contribution in [0.5, 0.6) is 11.5 Å². The molecule has 212 valence electrons.